The fraction of sp³-hybridized carbons (Fsp3) is 0.889. The van der Waals surface area contributed by atoms with Crippen LogP contribution in [0.1, 0.15) is 19.8 Å². The summed E-state index contributed by atoms with van der Waals surface area (Å²) in [6, 6.07) is 0.219. The molecule has 0 unspecified atom stereocenters. The Morgan fingerprint density at radius 3 is 2.69 bits per heavy atom. The summed E-state index contributed by atoms with van der Waals surface area (Å²) in [7, 11) is 0. The average Bonchev–Trinajstić information content (AvgIpc) is 1.90. The number of hydrogen-bond donors (Lipinski definition) is 2. The van der Waals surface area contributed by atoms with Crippen LogP contribution in [0.4, 0.5) is 4.79 Å². The van der Waals surface area contributed by atoms with E-state index in [2.05, 4.69) is 17.1 Å². The van der Waals surface area contributed by atoms with E-state index in [0.717, 1.165) is 19.4 Å². The summed E-state index contributed by atoms with van der Waals surface area (Å²) in [6.07, 6.45) is 1.19. The van der Waals surface area contributed by atoms with Gasteiger partial charge in [-0.05, 0) is 24.8 Å². The minimum Gasteiger partial charge on any atom is -0.465 e. The lowest BCUT2D eigenvalue weighted by Gasteiger charge is -2.59. The first-order valence-corrected chi connectivity index (χ1v) is 4.85. The van der Waals surface area contributed by atoms with E-state index in [1.54, 1.807) is 0 Å². The lowest BCUT2D eigenvalue weighted by molar-refractivity contribution is -0.0740. The van der Waals surface area contributed by atoms with Gasteiger partial charge in [-0.1, -0.05) is 6.92 Å². The normalized spacial score (nSPS) is 26.5. The topological polar surface area (TPSA) is 52.6 Å². The van der Waals surface area contributed by atoms with E-state index in [9.17, 15) is 4.79 Å². The first kappa shape index (κ1) is 8.81. The molecule has 2 aliphatic rings. The van der Waals surface area contributed by atoms with Gasteiger partial charge >= 0.3 is 6.09 Å². The highest BCUT2D eigenvalue weighted by Crippen LogP contribution is 2.47. The largest absolute Gasteiger partial charge is 0.465 e. The van der Waals surface area contributed by atoms with Gasteiger partial charge in [-0.2, -0.15) is 0 Å². The van der Waals surface area contributed by atoms with Crippen LogP contribution >= 0.6 is 0 Å². The molecule has 74 valence electrons. The van der Waals surface area contributed by atoms with Crippen molar-refractivity contribution >= 4 is 6.09 Å². The number of hydrogen-bond acceptors (Lipinski definition) is 2. The number of carbonyl (C=O) groups is 1. The van der Waals surface area contributed by atoms with Gasteiger partial charge in [0.25, 0.3) is 0 Å². The van der Waals surface area contributed by atoms with Crippen molar-refractivity contribution in [2.75, 3.05) is 19.6 Å². The van der Waals surface area contributed by atoms with Crippen LogP contribution in [0.5, 0.6) is 0 Å². The summed E-state index contributed by atoms with van der Waals surface area (Å²) in [4.78, 5) is 12.7. The molecule has 0 aromatic heterocycles. The van der Waals surface area contributed by atoms with Gasteiger partial charge in [0, 0.05) is 19.1 Å². The zero-order valence-corrected chi connectivity index (χ0v) is 7.92. The minimum absolute atomic E-state index is 0.219. The average molecular weight is 184 g/mol. The number of likely N-dealkylation sites (tertiary alicyclic amines) is 1. The van der Waals surface area contributed by atoms with Crippen LogP contribution in [-0.2, 0) is 0 Å². The molecule has 2 fully saturated rings. The minimum atomic E-state index is -0.883. The van der Waals surface area contributed by atoms with Gasteiger partial charge in [0.05, 0.1) is 0 Å². The molecule has 0 radical (unpaired) electrons. The lowest BCUT2D eigenvalue weighted by Crippen LogP contribution is -2.66. The molecule has 1 aliphatic carbocycles. The third kappa shape index (κ3) is 1.50. The molecule has 0 atom stereocenters. The molecule has 1 saturated heterocycles. The predicted octanol–water partition coefficient (Wildman–Crippen LogP) is 0.738. The van der Waals surface area contributed by atoms with Crippen molar-refractivity contribution in [1.29, 1.82) is 0 Å². The molecule has 0 bridgehead atoms. The van der Waals surface area contributed by atoms with E-state index in [-0.39, 0.29) is 6.04 Å². The maximum absolute atomic E-state index is 10.3. The molecule has 0 aromatic carbocycles. The Labute approximate surface area is 77.9 Å². The molecule has 2 N–H and O–H groups in total. The first-order chi connectivity index (χ1) is 6.13. The van der Waals surface area contributed by atoms with Gasteiger partial charge in [-0.25, -0.2) is 4.79 Å². The van der Waals surface area contributed by atoms with Crippen molar-refractivity contribution in [3.05, 3.63) is 0 Å². The number of rotatable bonds is 2. The Balaban J connectivity index is 1.71. The molecular weight excluding hydrogens is 168 g/mol. The van der Waals surface area contributed by atoms with Crippen molar-refractivity contribution in [3.8, 4) is 0 Å². The highest BCUT2D eigenvalue weighted by atomic mass is 16.4. The van der Waals surface area contributed by atoms with Crippen molar-refractivity contribution in [1.82, 2.24) is 10.2 Å². The summed E-state index contributed by atoms with van der Waals surface area (Å²) in [5.41, 5.74) is 0.475. The molecule has 13 heavy (non-hydrogen) atoms. The summed E-state index contributed by atoms with van der Waals surface area (Å²) in [6.45, 7) is 5.62. The second-order valence-corrected chi connectivity index (χ2v) is 4.36. The molecule has 2 rings (SSSR count). The van der Waals surface area contributed by atoms with Crippen LogP contribution in [0.3, 0.4) is 0 Å². The van der Waals surface area contributed by atoms with Crippen LogP contribution in [0, 0.1) is 5.41 Å². The van der Waals surface area contributed by atoms with Gasteiger partial charge in [-0.3, -0.25) is 0 Å². The summed E-state index contributed by atoms with van der Waals surface area (Å²) >= 11 is 0. The van der Waals surface area contributed by atoms with Crippen LogP contribution in [0.15, 0.2) is 0 Å². The Morgan fingerprint density at radius 1 is 1.62 bits per heavy atom. The van der Waals surface area contributed by atoms with Crippen molar-refractivity contribution < 1.29 is 9.90 Å². The fourth-order valence-corrected chi connectivity index (χ4v) is 2.65. The highest BCUT2D eigenvalue weighted by Gasteiger charge is 2.51. The van der Waals surface area contributed by atoms with E-state index < -0.39 is 6.09 Å². The molecule has 1 aliphatic heterocycles. The molecule has 1 spiro atoms. The molecule has 1 heterocycles. The predicted molar refractivity (Wildman–Crippen MR) is 48.7 cm³/mol. The van der Waals surface area contributed by atoms with E-state index in [4.69, 9.17) is 5.11 Å². The van der Waals surface area contributed by atoms with Gasteiger partial charge in [-0.15, -0.1) is 0 Å². The van der Waals surface area contributed by atoms with Gasteiger partial charge < -0.3 is 15.3 Å². The number of carboxylic acid groups (broad SMARTS) is 1. The summed E-state index contributed by atoms with van der Waals surface area (Å²) < 4.78 is 0. The van der Waals surface area contributed by atoms with E-state index >= 15 is 0 Å². The van der Waals surface area contributed by atoms with Crippen LogP contribution in [0.2, 0.25) is 0 Å². The maximum atomic E-state index is 10.3. The van der Waals surface area contributed by atoms with Crippen LogP contribution in [-0.4, -0.2) is 41.8 Å². The molecule has 4 heteroatoms. The second kappa shape index (κ2) is 2.87. The van der Waals surface area contributed by atoms with Gasteiger partial charge in [0.1, 0.15) is 0 Å². The maximum Gasteiger partial charge on any atom is 0.404 e. The van der Waals surface area contributed by atoms with Crippen molar-refractivity contribution in [2.45, 2.75) is 25.8 Å². The van der Waals surface area contributed by atoms with Gasteiger partial charge in [0.2, 0.25) is 0 Å². The summed E-state index contributed by atoms with van der Waals surface area (Å²) in [5, 5.41) is 11.0. The molecule has 0 aromatic rings. The second-order valence-electron chi connectivity index (χ2n) is 4.36. The lowest BCUT2D eigenvalue weighted by atomic mass is 9.61. The molecule has 1 amide bonds. The quantitative estimate of drug-likeness (QED) is 0.665. The summed E-state index contributed by atoms with van der Waals surface area (Å²) in [5.74, 6) is 0. The van der Waals surface area contributed by atoms with Crippen molar-refractivity contribution in [2.24, 2.45) is 5.41 Å². The van der Waals surface area contributed by atoms with Gasteiger partial charge in [0.15, 0.2) is 0 Å². The Morgan fingerprint density at radius 2 is 2.23 bits per heavy atom. The molecular formula is C9H16N2O2. The van der Waals surface area contributed by atoms with E-state index in [1.165, 1.54) is 13.1 Å². The van der Waals surface area contributed by atoms with E-state index in [0.29, 0.717) is 5.41 Å². The number of amides is 1. The zero-order chi connectivity index (χ0) is 9.47. The SMILES string of the molecule is CCN1CC2(CC(NC(=O)O)C2)C1. The van der Waals surface area contributed by atoms with Crippen LogP contribution in [0.25, 0.3) is 0 Å². The Kier molecular flexibility index (Phi) is 1.95. The monoisotopic (exact) mass is 184 g/mol. The standard InChI is InChI=1S/C9H16N2O2/c1-2-11-5-9(6-11)3-7(4-9)10-8(12)13/h7,10H,2-6H2,1H3,(H,12,13). The zero-order valence-electron chi connectivity index (χ0n) is 7.92. The molecule has 4 nitrogen and oxygen atoms in total. The number of nitrogens with one attached hydrogen (secondary N) is 1. The first-order valence-electron chi connectivity index (χ1n) is 4.85. The van der Waals surface area contributed by atoms with Crippen molar-refractivity contribution in [3.63, 3.8) is 0 Å². The highest BCUT2D eigenvalue weighted by molar-refractivity contribution is 5.65. The van der Waals surface area contributed by atoms with Crippen LogP contribution < -0.4 is 5.32 Å². The number of nitrogens with zero attached hydrogens (tertiary/aromatic N) is 1. The van der Waals surface area contributed by atoms with E-state index in [1.807, 2.05) is 0 Å². The fourth-order valence-electron chi connectivity index (χ4n) is 2.65. The third-order valence-corrected chi connectivity index (χ3v) is 3.25. The Bertz CT molecular complexity index is 216. The Hall–Kier alpha value is -0.770. The smallest absolute Gasteiger partial charge is 0.404 e. The third-order valence-electron chi connectivity index (χ3n) is 3.25. The molecule has 1 saturated carbocycles.